The van der Waals surface area contributed by atoms with E-state index in [9.17, 15) is 4.79 Å². The van der Waals surface area contributed by atoms with Crippen LogP contribution in [-0.4, -0.2) is 15.7 Å². The molecular formula is C26H16ClN3O2. The average molecular weight is 438 g/mol. The second kappa shape index (κ2) is 7.25. The number of anilines is 1. The first kappa shape index (κ1) is 18.7. The Kier molecular flexibility index (Phi) is 4.23. The van der Waals surface area contributed by atoms with E-state index in [-0.39, 0.29) is 5.91 Å². The molecule has 2 aromatic heterocycles. The first-order chi connectivity index (χ1) is 15.7. The highest BCUT2D eigenvalue weighted by Gasteiger charge is 2.25. The van der Waals surface area contributed by atoms with Gasteiger partial charge in [-0.1, -0.05) is 54.1 Å². The highest BCUT2D eigenvalue weighted by molar-refractivity contribution is 6.36. The van der Waals surface area contributed by atoms with Gasteiger partial charge in [-0.2, -0.15) is 5.10 Å². The summed E-state index contributed by atoms with van der Waals surface area (Å²) >= 11 is 6.10. The van der Waals surface area contributed by atoms with Gasteiger partial charge in [0.25, 0.3) is 5.91 Å². The summed E-state index contributed by atoms with van der Waals surface area (Å²) in [5, 5.41) is 9.26. The van der Waals surface area contributed by atoms with Gasteiger partial charge in [-0.3, -0.25) is 4.79 Å². The van der Waals surface area contributed by atoms with Crippen LogP contribution in [0.25, 0.3) is 39.8 Å². The monoisotopic (exact) mass is 437 g/mol. The van der Waals surface area contributed by atoms with Crippen molar-refractivity contribution in [2.45, 2.75) is 0 Å². The number of nitrogens with one attached hydrogen (secondary N) is 1. The molecule has 1 aliphatic heterocycles. The van der Waals surface area contributed by atoms with Crippen LogP contribution in [0.5, 0.6) is 0 Å². The Bertz CT molecular complexity index is 1500. The third-order valence-electron chi connectivity index (χ3n) is 5.49. The average Bonchev–Trinajstić information content (AvgIpc) is 3.50. The normalized spacial score (nSPS) is 14.2. The number of benzene rings is 3. The Morgan fingerprint density at radius 2 is 1.78 bits per heavy atom. The van der Waals surface area contributed by atoms with Gasteiger partial charge in [0.2, 0.25) is 0 Å². The zero-order valence-electron chi connectivity index (χ0n) is 16.7. The lowest BCUT2D eigenvalue weighted by Gasteiger charge is -1.99. The fourth-order valence-electron chi connectivity index (χ4n) is 3.96. The molecule has 0 saturated heterocycles. The zero-order chi connectivity index (χ0) is 21.7. The van der Waals surface area contributed by atoms with E-state index in [1.807, 2.05) is 79.0 Å². The van der Waals surface area contributed by atoms with Crippen LogP contribution >= 0.6 is 11.6 Å². The Labute approximate surface area is 188 Å². The number of para-hydroxylation sites is 2. The molecule has 6 heteroatoms. The summed E-state index contributed by atoms with van der Waals surface area (Å²) in [5.41, 5.74) is 5.21. The highest BCUT2D eigenvalue weighted by atomic mass is 35.5. The van der Waals surface area contributed by atoms with Crippen molar-refractivity contribution in [3.8, 4) is 17.1 Å². The van der Waals surface area contributed by atoms with Crippen LogP contribution < -0.4 is 5.32 Å². The van der Waals surface area contributed by atoms with E-state index in [1.165, 1.54) is 0 Å². The largest absolute Gasteiger partial charge is 0.454 e. The van der Waals surface area contributed by atoms with Crippen molar-refractivity contribution in [3.05, 3.63) is 101 Å². The summed E-state index contributed by atoms with van der Waals surface area (Å²) < 4.78 is 7.89. The van der Waals surface area contributed by atoms with E-state index in [2.05, 4.69) is 5.32 Å². The molecule has 154 valence electrons. The summed E-state index contributed by atoms with van der Waals surface area (Å²) in [4.78, 5) is 12.7. The molecular weight excluding hydrogens is 422 g/mol. The fourth-order valence-corrected chi connectivity index (χ4v) is 4.13. The van der Waals surface area contributed by atoms with Crippen molar-refractivity contribution in [2.75, 3.05) is 5.32 Å². The molecule has 0 atom stereocenters. The smallest absolute Gasteiger partial charge is 0.256 e. The second-order valence-corrected chi connectivity index (χ2v) is 8.00. The molecule has 3 aromatic carbocycles. The summed E-state index contributed by atoms with van der Waals surface area (Å²) in [5.74, 6) is 0.466. The van der Waals surface area contributed by atoms with E-state index in [0.29, 0.717) is 27.7 Å². The summed E-state index contributed by atoms with van der Waals surface area (Å²) in [6.45, 7) is 0. The second-order valence-electron chi connectivity index (χ2n) is 7.56. The van der Waals surface area contributed by atoms with E-state index in [4.69, 9.17) is 21.1 Å². The molecule has 0 fully saturated rings. The lowest BCUT2D eigenvalue weighted by molar-refractivity contribution is -0.110. The maximum atomic E-state index is 12.7. The van der Waals surface area contributed by atoms with E-state index < -0.39 is 0 Å². The topological polar surface area (TPSA) is 60.1 Å². The Hall–Kier alpha value is -4.09. The highest BCUT2D eigenvalue weighted by Crippen LogP contribution is 2.37. The molecule has 6 rings (SSSR count). The van der Waals surface area contributed by atoms with Crippen molar-refractivity contribution in [2.24, 2.45) is 0 Å². The van der Waals surface area contributed by atoms with Crippen molar-refractivity contribution >= 4 is 45.8 Å². The minimum atomic E-state index is -0.176. The predicted molar refractivity (Wildman–Crippen MR) is 127 cm³/mol. The quantitative estimate of drug-likeness (QED) is 0.331. The minimum absolute atomic E-state index is 0.176. The number of rotatable bonds is 3. The summed E-state index contributed by atoms with van der Waals surface area (Å²) in [6.07, 6.45) is 3.76. The molecule has 0 aliphatic carbocycles. The molecule has 0 unspecified atom stereocenters. The zero-order valence-corrected chi connectivity index (χ0v) is 17.5. The molecule has 0 saturated carbocycles. The number of hydrogen-bond acceptors (Lipinski definition) is 3. The predicted octanol–water partition coefficient (Wildman–Crippen LogP) is 6.43. The number of furan rings is 1. The summed E-state index contributed by atoms with van der Waals surface area (Å²) in [6, 6.07) is 25.0. The number of aromatic nitrogens is 2. The number of halogens is 1. The lowest BCUT2D eigenvalue weighted by atomic mass is 10.0. The maximum absolute atomic E-state index is 12.7. The van der Waals surface area contributed by atoms with Crippen LogP contribution in [0, 0.1) is 0 Å². The van der Waals surface area contributed by atoms with Crippen LogP contribution in [0.2, 0.25) is 5.02 Å². The van der Waals surface area contributed by atoms with Crippen LogP contribution in [0.15, 0.2) is 89.5 Å². The standard InChI is InChI=1S/C26H16ClN3O2/c27-18-10-11-20-21(26(31)28-22(20)14-18)12-17-15-30(19-7-2-1-3-8-19)29-25(17)24-13-16-6-4-5-9-23(16)32-24/h1-15H,(H,28,31). The van der Waals surface area contributed by atoms with Crippen LogP contribution in [0.3, 0.4) is 0 Å². The van der Waals surface area contributed by atoms with Crippen LogP contribution in [0.4, 0.5) is 5.69 Å². The molecule has 1 N–H and O–H groups in total. The van der Waals surface area contributed by atoms with Gasteiger partial charge in [0, 0.05) is 33.3 Å². The van der Waals surface area contributed by atoms with Crippen molar-refractivity contribution in [3.63, 3.8) is 0 Å². The third-order valence-corrected chi connectivity index (χ3v) is 5.72. The Morgan fingerprint density at radius 3 is 2.62 bits per heavy atom. The van der Waals surface area contributed by atoms with Gasteiger partial charge >= 0.3 is 0 Å². The van der Waals surface area contributed by atoms with Crippen molar-refractivity contribution in [1.82, 2.24) is 9.78 Å². The fraction of sp³-hybridized carbons (Fsp3) is 0. The molecule has 0 bridgehead atoms. The van der Waals surface area contributed by atoms with E-state index in [1.54, 1.807) is 16.8 Å². The van der Waals surface area contributed by atoms with Crippen LogP contribution in [-0.2, 0) is 4.79 Å². The molecule has 5 nitrogen and oxygen atoms in total. The van der Waals surface area contributed by atoms with Crippen molar-refractivity contribution in [1.29, 1.82) is 0 Å². The molecule has 1 aliphatic rings. The number of carbonyl (C=O) groups is 1. The van der Waals surface area contributed by atoms with Crippen molar-refractivity contribution < 1.29 is 9.21 Å². The molecule has 5 aromatic rings. The lowest BCUT2D eigenvalue weighted by Crippen LogP contribution is -2.03. The molecule has 1 amide bonds. The number of amides is 1. The van der Waals surface area contributed by atoms with Gasteiger partial charge in [0.05, 0.1) is 11.4 Å². The van der Waals surface area contributed by atoms with Gasteiger partial charge < -0.3 is 9.73 Å². The first-order valence-electron chi connectivity index (χ1n) is 10.1. The molecule has 3 heterocycles. The third kappa shape index (κ3) is 3.11. The summed E-state index contributed by atoms with van der Waals surface area (Å²) in [7, 11) is 0. The van der Waals surface area contributed by atoms with Gasteiger partial charge in [-0.25, -0.2) is 4.68 Å². The SMILES string of the molecule is O=C1Nc2cc(Cl)ccc2C1=Cc1cn(-c2ccccc2)nc1-c1cc2ccccc2o1. The van der Waals surface area contributed by atoms with Gasteiger partial charge in [-0.15, -0.1) is 0 Å². The minimum Gasteiger partial charge on any atom is -0.454 e. The number of fused-ring (bicyclic) bond motifs is 2. The Morgan fingerprint density at radius 1 is 0.969 bits per heavy atom. The molecule has 32 heavy (non-hydrogen) atoms. The molecule has 0 radical (unpaired) electrons. The number of nitrogens with zero attached hydrogens (tertiary/aromatic N) is 2. The number of hydrogen-bond donors (Lipinski definition) is 1. The van der Waals surface area contributed by atoms with E-state index in [0.717, 1.165) is 27.8 Å². The van der Waals surface area contributed by atoms with Gasteiger partial charge in [-0.05, 0) is 42.5 Å². The first-order valence-corrected chi connectivity index (χ1v) is 10.5. The van der Waals surface area contributed by atoms with Crippen LogP contribution in [0.1, 0.15) is 11.1 Å². The van der Waals surface area contributed by atoms with Gasteiger partial charge in [0.15, 0.2) is 5.76 Å². The molecule has 0 spiro atoms. The number of carbonyl (C=O) groups excluding carboxylic acids is 1. The van der Waals surface area contributed by atoms with Gasteiger partial charge in [0.1, 0.15) is 11.3 Å². The Balaban J connectivity index is 1.55. The maximum Gasteiger partial charge on any atom is 0.256 e. The van der Waals surface area contributed by atoms with E-state index >= 15 is 0 Å².